The number of rotatable bonds is 4. The first-order chi connectivity index (χ1) is 10.6. The van der Waals surface area contributed by atoms with Crippen molar-refractivity contribution in [3.63, 3.8) is 0 Å². The Morgan fingerprint density at radius 2 is 1.30 bits per heavy atom. The highest BCUT2D eigenvalue weighted by molar-refractivity contribution is 14.0. The molecule has 3 nitrogen and oxygen atoms in total. The van der Waals surface area contributed by atoms with Crippen LogP contribution in [0, 0.1) is 0 Å². The SMILES string of the molecule is CN(C)C(=NCCc1ccc(-c2ccccc2)cc1)N(C)C.I. The second-order valence-corrected chi connectivity index (χ2v) is 5.78. The van der Waals surface area contributed by atoms with Crippen molar-refractivity contribution in [1.82, 2.24) is 9.80 Å². The van der Waals surface area contributed by atoms with E-state index in [-0.39, 0.29) is 24.0 Å². The molecule has 2 aromatic rings. The molecule has 2 rings (SSSR count). The lowest BCUT2D eigenvalue weighted by atomic mass is 10.0. The zero-order valence-corrected chi connectivity index (χ0v) is 16.7. The second-order valence-electron chi connectivity index (χ2n) is 5.78. The largest absolute Gasteiger partial charge is 0.349 e. The van der Waals surface area contributed by atoms with Crippen molar-refractivity contribution in [1.29, 1.82) is 0 Å². The van der Waals surface area contributed by atoms with Crippen molar-refractivity contribution >= 4 is 29.9 Å². The fourth-order valence-corrected chi connectivity index (χ4v) is 2.46. The summed E-state index contributed by atoms with van der Waals surface area (Å²) in [6.07, 6.45) is 0.959. The molecule has 0 aromatic heterocycles. The zero-order valence-electron chi connectivity index (χ0n) is 14.4. The Kier molecular flexibility index (Phi) is 8.09. The number of halogens is 1. The van der Waals surface area contributed by atoms with E-state index in [9.17, 15) is 0 Å². The summed E-state index contributed by atoms with van der Waals surface area (Å²) < 4.78 is 0. The number of benzene rings is 2. The van der Waals surface area contributed by atoms with Gasteiger partial charge in [0.05, 0.1) is 0 Å². The van der Waals surface area contributed by atoms with Gasteiger partial charge in [0.25, 0.3) is 0 Å². The molecular weight excluding hydrogens is 397 g/mol. The minimum atomic E-state index is 0. The summed E-state index contributed by atoms with van der Waals surface area (Å²) in [5.41, 5.74) is 3.84. The fraction of sp³-hybridized carbons (Fsp3) is 0.316. The molecule has 0 atom stereocenters. The number of nitrogens with zero attached hydrogens (tertiary/aromatic N) is 3. The van der Waals surface area contributed by atoms with E-state index in [0.29, 0.717) is 0 Å². The van der Waals surface area contributed by atoms with Crippen LogP contribution in [0.3, 0.4) is 0 Å². The highest BCUT2D eigenvalue weighted by Gasteiger charge is 2.03. The van der Waals surface area contributed by atoms with Crippen molar-refractivity contribution in [2.45, 2.75) is 6.42 Å². The molecule has 4 heteroatoms. The Labute approximate surface area is 157 Å². The van der Waals surface area contributed by atoms with E-state index in [0.717, 1.165) is 18.9 Å². The summed E-state index contributed by atoms with van der Waals surface area (Å²) in [6.45, 7) is 0.802. The van der Waals surface area contributed by atoms with Gasteiger partial charge >= 0.3 is 0 Å². The summed E-state index contributed by atoms with van der Waals surface area (Å²) in [6, 6.07) is 19.2. The van der Waals surface area contributed by atoms with Crippen LogP contribution in [0.1, 0.15) is 5.56 Å². The standard InChI is InChI=1S/C19H25N3.HI/c1-21(2)19(22(3)4)20-15-14-16-10-12-18(13-11-16)17-8-6-5-7-9-17;/h5-13H,14-15H2,1-4H3;1H. The van der Waals surface area contributed by atoms with Gasteiger partial charge in [0, 0.05) is 34.7 Å². The molecule has 0 amide bonds. The van der Waals surface area contributed by atoms with Crippen LogP contribution in [0.15, 0.2) is 59.6 Å². The van der Waals surface area contributed by atoms with Crippen molar-refractivity contribution < 1.29 is 0 Å². The Bertz CT molecular complexity index is 594. The van der Waals surface area contributed by atoms with Crippen LogP contribution in [-0.2, 0) is 6.42 Å². The lowest BCUT2D eigenvalue weighted by Gasteiger charge is -2.22. The third kappa shape index (κ3) is 5.86. The molecule has 0 fully saturated rings. The monoisotopic (exact) mass is 423 g/mol. The quantitative estimate of drug-likeness (QED) is 0.421. The molecule has 2 aromatic carbocycles. The van der Waals surface area contributed by atoms with Gasteiger partial charge in [0.1, 0.15) is 0 Å². The molecule has 0 N–H and O–H groups in total. The predicted molar refractivity (Wildman–Crippen MR) is 111 cm³/mol. The van der Waals surface area contributed by atoms with Gasteiger partial charge in [-0.15, -0.1) is 24.0 Å². The van der Waals surface area contributed by atoms with E-state index in [4.69, 9.17) is 0 Å². The first kappa shape index (κ1) is 19.5. The summed E-state index contributed by atoms with van der Waals surface area (Å²) in [5, 5.41) is 0. The molecule has 0 aliphatic carbocycles. The van der Waals surface area contributed by atoms with Crippen LogP contribution in [0.25, 0.3) is 11.1 Å². The maximum atomic E-state index is 4.67. The third-order valence-electron chi connectivity index (χ3n) is 3.51. The topological polar surface area (TPSA) is 18.8 Å². The minimum Gasteiger partial charge on any atom is -0.349 e. The van der Waals surface area contributed by atoms with Crippen molar-refractivity contribution in [3.05, 3.63) is 60.2 Å². The normalized spacial score (nSPS) is 9.74. The third-order valence-corrected chi connectivity index (χ3v) is 3.51. The maximum absolute atomic E-state index is 4.67. The number of aliphatic imine (C=N–C) groups is 1. The molecule has 0 spiro atoms. The molecule has 0 saturated heterocycles. The Balaban J connectivity index is 0.00000264. The van der Waals surface area contributed by atoms with Crippen molar-refractivity contribution in [2.24, 2.45) is 4.99 Å². The van der Waals surface area contributed by atoms with Gasteiger partial charge in [-0.05, 0) is 23.1 Å². The average Bonchev–Trinajstić information content (AvgIpc) is 2.52. The van der Waals surface area contributed by atoms with E-state index < -0.39 is 0 Å². The molecule has 0 aliphatic heterocycles. The van der Waals surface area contributed by atoms with E-state index in [2.05, 4.69) is 53.5 Å². The van der Waals surface area contributed by atoms with Crippen LogP contribution < -0.4 is 0 Å². The fourth-order valence-electron chi connectivity index (χ4n) is 2.46. The van der Waals surface area contributed by atoms with Crippen LogP contribution in [0.2, 0.25) is 0 Å². The smallest absolute Gasteiger partial charge is 0.195 e. The van der Waals surface area contributed by atoms with Crippen LogP contribution in [0.4, 0.5) is 0 Å². The first-order valence-electron chi connectivity index (χ1n) is 7.61. The Morgan fingerprint density at radius 3 is 1.83 bits per heavy atom. The number of guanidine groups is 1. The summed E-state index contributed by atoms with van der Waals surface area (Å²) >= 11 is 0. The predicted octanol–water partition coefficient (Wildman–Crippen LogP) is 3.99. The molecule has 0 bridgehead atoms. The van der Waals surface area contributed by atoms with Gasteiger partial charge in [-0.25, -0.2) is 0 Å². The van der Waals surface area contributed by atoms with E-state index in [1.807, 2.05) is 44.1 Å². The van der Waals surface area contributed by atoms with Crippen molar-refractivity contribution in [3.8, 4) is 11.1 Å². The minimum absolute atomic E-state index is 0. The molecule has 0 saturated carbocycles. The molecule has 124 valence electrons. The van der Waals surface area contributed by atoms with Gasteiger partial charge in [0.15, 0.2) is 5.96 Å². The summed E-state index contributed by atoms with van der Waals surface area (Å²) in [5.74, 6) is 1.00. The van der Waals surface area contributed by atoms with E-state index in [1.165, 1.54) is 16.7 Å². The molecule has 0 heterocycles. The van der Waals surface area contributed by atoms with Gasteiger partial charge in [-0.1, -0.05) is 54.6 Å². The molecule has 0 radical (unpaired) electrons. The van der Waals surface area contributed by atoms with E-state index in [1.54, 1.807) is 0 Å². The van der Waals surface area contributed by atoms with Gasteiger partial charge in [-0.2, -0.15) is 0 Å². The van der Waals surface area contributed by atoms with Gasteiger partial charge in [0.2, 0.25) is 0 Å². The Morgan fingerprint density at radius 1 is 0.783 bits per heavy atom. The lowest BCUT2D eigenvalue weighted by molar-refractivity contribution is 0.479. The van der Waals surface area contributed by atoms with Gasteiger partial charge in [-0.3, -0.25) is 4.99 Å². The van der Waals surface area contributed by atoms with Gasteiger partial charge < -0.3 is 9.80 Å². The molecule has 0 unspecified atom stereocenters. The second kappa shape index (κ2) is 9.55. The van der Waals surface area contributed by atoms with Crippen LogP contribution in [0.5, 0.6) is 0 Å². The van der Waals surface area contributed by atoms with E-state index >= 15 is 0 Å². The van der Waals surface area contributed by atoms with Crippen molar-refractivity contribution in [2.75, 3.05) is 34.7 Å². The lowest BCUT2D eigenvalue weighted by Crippen LogP contribution is -2.35. The molecular formula is C19H26IN3. The highest BCUT2D eigenvalue weighted by Crippen LogP contribution is 2.19. The summed E-state index contributed by atoms with van der Waals surface area (Å²) in [7, 11) is 8.09. The number of hydrogen-bond donors (Lipinski definition) is 0. The zero-order chi connectivity index (χ0) is 15.9. The van der Waals surface area contributed by atoms with Crippen LogP contribution in [-0.4, -0.2) is 50.5 Å². The highest BCUT2D eigenvalue weighted by atomic mass is 127. The Hall–Kier alpha value is -1.56. The molecule has 23 heavy (non-hydrogen) atoms. The average molecular weight is 423 g/mol. The number of hydrogen-bond acceptors (Lipinski definition) is 1. The van der Waals surface area contributed by atoms with Crippen LogP contribution >= 0.6 is 24.0 Å². The first-order valence-corrected chi connectivity index (χ1v) is 7.61. The maximum Gasteiger partial charge on any atom is 0.195 e. The summed E-state index contributed by atoms with van der Waals surface area (Å²) in [4.78, 5) is 8.75. The molecule has 0 aliphatic rings.